The molecule has 1 amide bonds. The molecule has 0 saturated carbocycles. The molecule has 0 aliphatic carbocycles. The lowest BCUT2D eigenvalue weighted by Gasteiger charge is -2.12. The number of amides is 1. The summed E-state index contributed by atoms with van der Waals surface area (Å²) < 4.78 is 0. The first-order chi connectivity index (χ1) is 10.0. The number of rotatable bonds is 8. The SMILES string of the molecule is CN/C=C(\C(=N)CNCCO)c1cnc(N)c(C(N)=O)c1. The van der Waals surface area contributed by atoms with Crippen LogP contribution in [-0.2, 0) is 0 Å². The smallest absolute Gasteiger partial charge is 0.252 e. The fraction of sp³-hybridized carbons (Fsp3) is 0.308. The van der Waals surface area contributed by atoms with Crippen molar-refractivity contribution in [2.45, 2.75) is 0 Å². The molecule has 0 aliphatic rings. The van der Waals surface area contributed by atoms with E-state index in [1.165, 1.54) is 12.3 Å². The van der Waals surface area contributed by atoms with Crippen LogP contribution in [0.25, 0.3) is 5.57 Å². The highest BCUT2D eigenvalue weighted by molar-refractivity contribution is 6.23. The summed E-state index contributed by atoms with van der Waals surface area (Å²) in [5.74, 6) is -0.615. The molecule has 8 nitrogen and oxygen atoms in total. The van der Waals surface area contributed by atoms with Crippen LogP contribution in [0.4, 0.5) is 5.82 Å². The number of pyridine rings is 1. The normalized spacial score (nSPS) is 11.2. The molecule has 0 saturated heterocycles. The number of hydrogen-bond donors (Lipinski definition) is 6. The standard InChI is InChI=1S/C13H20N6O2/c1-17-6-10(11(14)7-18-2-3-20)8-4-9(13(16)21)12(15)19-5-8/h4-6,14,17-18,20H,2-3,7H2,1H3,(H2,15,19)(H2,16,21)/b10-6-,14-11?. The van der Waals surface area contributed by atoms with Gasteiger partial charge in [-0.15, -0.1) is 0 Å². The number of nitrogens with zero attached hydrogens (tertiary/aromatic N) is 1. The van der Waals surface area contributed by atoms with Gasteiger partial charge in [0, 0.05) is 43.7 Å². The van der Waals surface area contributed by atoms with Crippen molar-refractivity contribution in [2.24, 2.45) is 5.73 Å². The lowest BCUT2D eigenvalue weighted by Crippen LogP contribution is -2.26. The molecule has 0 bridgehead atoms. The van der Waals surface area contributed by atoms with Crippen molar-refractivity contribution in [1.29, 1.82) is 5.41 Å². The maximum absolute atomic E-state index is 11.3. The highest BCUT2D eigenvalue weighted by atomic mass is 16.3. The molecule has 0 atom stereocenters. The average molecular weight is 292 g/mol. The van der Waals surface area contributed by atoms with E-state index in [-0.39, 0.29) is 30.2 Å². The van der Waals surface area contributed by atoms with E-state index in [1.54, 1.807) is 13.2 Å². The molecular formula is C13H20N6O2. The Bertz CT molecular complexity index is 556. The van der Waals surface area contributed by atoms with Crippen molar-refractivity contribution >= 4 is 23.0 Å². The van der Waals surface area contributed by atoms with E-state index in [0.717, 1.165) is 0 Å². The molecule has 114 valence electrons. The van der Waals surface area contributed by atoms with Gasteiger partial charge >= 0.3 is 0 Å². The molecule has 0 aromatic carbocycles. The van der Waals surface area contributed by atoms with E-state index in [4.69, 9.17) is 22.0 Å². The average Bonchev–Trinajstić information content (AvgIpc) is 2.45. The van der Waals surface area contributed by atoms with Gasteiger partial charge in [0.15, 0.2) is 0 Å². The fourth-order valence-electron chi connectivity index (χ4n) is 1.70. The molecule has 1 rings (SSSR count). The predicted molar refractivity (Wildman–Crippen MR) is 81.9 cm³/mol. The summed E-state index contributed by atoms with van der Waals surface area (Å²) in [7, 11) is 1.70. The molecule has 21 heavy (non-hydrogen) atoms. The number of nitrogens with one attached hydrogen (secondary N) is 3. The third kappa shape index (κ3) is 4.55. The van der Waals surface area contributed by atoms with Gasteiger partial charge in [-0.3, -0.25) is 4.79 Å². The van der Waals surface area contributed by atoms with Crippen molar-refractivity contribution < 1.29 is 9.90 Å². The second-order valence-electron chi connectivity index (χ2n) is 4.25. The Hall–Kier alpha value is -2.45. The quantitative estimate of drug-likeness (QED) is 0.265. The van der Waals surface area contributed by atoms with E-state index < -0.39 is 5.91 Å². The lowest BCUT2D eigenvalue weighted by atomic mass is 10.0. The number of nitrogens with two attached hydrogens (primary N) is 2. The Morgan fingerprint density at radius 1 is 1.57 bits per heavy atom. The number of hydrogen-bond acceptors (Lipinski definition) is 7. The van der Waals surface area contributed by atoms with Crippen LogP contribution in [0.5, 0.6) is 0 Å². The molecular weight excluding hydrogens is 272 g/mol. The maximum Gasteiger partial charge on any atom is 0.252 e. The summed E-state index contributed by atoms with van der Waals surface area (Å²) in [5.41, 5.74) is 12.3. The molecule has 1 aromatic heterocycles. The number of nitrogen functional groups attached to an aromatic ring is 1. The van der Waals surface area contributed by atoms with Crippen LogP contribution >= 0.6 is 0 Å². The van der Waals surface area contributed by atoms with E-state index in [9.17, 15) is 4.79 Å². The molecule has 8 heteroatoms. The number of carbonyl (C=O) groups is 1. The number of primary amides is 1. The van der Waals surface area contributed by atoms with Crippen LogP contribution < -0.4 is 22.1 Å². The highest BCUT2D eigenvalue weighted by Crippen LogP contribution is 2.18. The second-order valence-corrected chi connectivity index (χ2v) is 4.25. The van der Waals surface area contributed by atoms with Crippen LogP contribution in [0.3, 0.4) is 0 Å². The van der Waals surface area contributed by atoms with Gasteiger partial charge in [-0.2, -0.15) is 0 Å². The molecule has 0 fully saturated rings. The minimum Gasteiger partial charge on any atom is -0.395 e. The van der Waals surface area contributed by atoms with Crippen molar-refractivity contribution in [2.75, 3.05) is 32.5 Å². The number of anilines is 1. The van der Waals surface area contributed by atoms with Crippen molar-refractivity contribution in [3.63, 3.8) is 0 Å². The van der Waals surface area contributed by atoms with Gasteiger partial charge in [0.1, 0.15) is 5.82 Å². The molecule has 0 radical (unpaired) electrons. The molecule has 1 aromatic rings. The van der Waals surface area contributed by atoms with Crippen LogP contribution in [0.2, 0.25) is 0 Å². The summed E-state index contributed by atoms with van der Waals surface area (Å²) in [5, 5.41) is 22.6. The number of aliphatic hydroxyl groups excluding tert-OH is 1. The van der Waals surface area contributed by atoms with E-state index >= 15 is 0 Å². The first-order valence-electron chi connectivity index (χ1n) is 6.33. The Labute approximate surface area is 122 Å². The Kier molecular flexibility index (Phi) is 6.31. The minimum absolute atomic E-state index is 0.00634. The lowest BCUT2D eigenvalue weighted by molar-refractivity contribution is 0.100. The molecule has 1 heterocycles. The minimum atomic E-state index is -0.671. The summed E-state index contributed by atoms with van der Waals surface area (Å²) in [4.78, 5) is 15.2. The summed E-state index contributed by atoms with van der Waals surface area (Å²) in [6, 6.07) is 1.51. The Balaban J connectivity index is 3.06. The van der Waals surface area contributed by atoms with Crippen LogP contribution in [0, 0.1) is 5.41 Å². The van der Waals surface area contributed by atoms with Gasteiger partial charge in [0.05, 0.1) is 17.9 Å². The van der Waals surface area contributed by atoms with Gasteiger partial charge in [-0.25, -0.2) is 4.98 Å². The third-order valence-corrected chi connectivity index (χ3v) is 2.70. The molecule has 0 spiro atoms. The summed E-state index contributed by atoms with van der Waals surface area (Å²) >= 11 is 0. The van der Waals surface area contributed by atoms with Gasteiger partial charge in [-0.05, 0) is 6.07 Å². The monoisotopic (exact) mass is 292 g/mol. The summed E-state index contributed by atoms with van der Waals surface area (Å²) in [6.07, 6.45) is 3.10. The van der Waals surface area contributed by atoms with Crippen molar-refractivity contribution in [1.82, 2.24) is 15.6 Å². The first-order valence-corrected chi connectivity index (χ1v) is 6.33. The van der Waals surface area contributed by atoms with Gasteiger partial charge in [-0.1, -0.05) is 0 Å². The third-order valence-electron chi connectivity index (χ3n) is 2.70. The van der Waals surface area contributed by atoms with E-state index in [1.807, 2.05) is 0 Å². The van der Waals surface area contributed by atoms with E-state index in [0.29, 0.717) is 17.7 Å². The molecule has 0 aliphatic heterocycles. The maximum atomic E-state index is 11.3. The number of carbonyl (C=O) groups excluding carboxylic acids is 1. The molecule has 8 N–H and O–H groups in total. The van der Waals surface area contributed by atoms with Gasteiger partial charge < -0.3 is 32.6 Å². The largest absolute Gasteiger partial charge is 0.395 e. The Morgan fingerprint density at radius 2 is 2.29 bits per heavy atom. The Morgan fingerprint density at radius 3 is 2.86 bits per heavy atom. The second kappa shape index (κ2) is 7.98. The van der Waals surface area contributed by atoms with Gasteiger partial charge in [0.25, 0.3) is 5.91 Å². The first kappa shape index (κ1) is 16.6. The van der Waals surface area contributed by atoms with Gasteiger partial charge in [0.2, 0.25) is 0 Å². The zero-order valence-electron chi connectivity index (χ0n) is 11.8. The van der Waals surface area contributed by atoms with Crippen LogP contribution in [0.15, 0.2) is 18.5 Å². The zero-order chi connectivity index (χ0) is 15.8. The van der Waals surface area contributed by atoms with Crippen molar-refractivity contribution in [3.8, 4) is 0 Å². The topological polar surface area (TPSA) is 150 Å². The predicted octanol–water partition coefficient (Wildman–Crippen LogP) is -1.08. The fourth-order valence-corrected chi connectivity index (χ4v) is 1.70. The van der Waals surface area contributed by atoms with E-state index in [2.05, 4.69) is 15.6 Å². The van der Waals surface area contributed by atoms with Crippen molar-refractivity contribution in [3.05, 3.63) is 29.6 Å². The summed E-state index contributed by atoms with van der Waals surface area (Å²) in [6.45, 7) is 0.652. The molecule has 0 unspecified atom stereocenters. The zero-order valence-corrected chi connectivity index (χ0v) is 11.8. The number of aliphatic hydroxyl groups is 1. The highest BCUT2D eigenvalue weighted by Gasteiger charge is 2.13. The number of aromatic nitrogens is 1. The van der Waals surface area contributed by atoms with Crippen LogP contribution in [0.1, 0.15) is 15.9 Å². The van der Waals surface area contributed by atoms with Crippen LogP contribution in [-0.4, -0.2) is 48.5 Å².